The third kappa shape index (κ3) is 7.72. The van der Waals surface area contributed by atoms with Crippen molar-refractivity contribution < 1.29 is 9.53 Å². The molecule has 0 aliphatic rings. The number of nitrogens with one attached hydrogen (secondary N) is 3. The van der Waals surface area contributed by atoms with Gasteiger partial charge in [-0.25, -0.2) is 0 Å². The molecule has 0 aliphatic heterocycles. The minimum Gasteiger partial charge on any atom is -0.494 e. The first-order chi connectivity index (χ1) is 13.3. The van der Waals surface area contributed by atoms with Gasteiger partial charge in [-0.3, -0.25) is 4.79 Å². The van der Waals surface area contributed by atoms with E-state index < -0.39 is 9.96 Å². The van der Waals surface area contributed by atoms with E-state index in [-0.39, 0.29) is 17.4 Å². The summed E-state index contributed by atoms with van der Waals surface area (Å²) in [6.07, 6.45) is -0.866. The average Bonchev–Trinajstić information content (AvgIpc) is 2.63. The monoisotopic (exact) mass is 459 g/mol. The predicted molar refractivity (Wildman–Crippen MR) is 119 cm³/mol. The lowest BCUT2D eigenvalue weighted by atomic mass is 10.1. The molecule has 1 unspecified atom stereocenters. The van der Waals surface area contributed by atoms with E-state index in [2.05, 4.69) is 16.0 Å². The van der Waals surface area contributed by atoms with Crippen LogP contribution in [0.1, 0.15) is 12.5 Å². The molecule has 9 heteroatoms. The molecule has 2 aromatic rings. The highest BCUT2D eigenvalue weighted by molar-refractivity contribution is 7.80. The summed E-state index contributed by atoms with van der Waals surface area (Å²) in [7, 11) is 0. The topological polar surface area (TPSA) is 62.4 Å². The van der Waals surface area contributed by atoms with E-state index in [0.29, 0.717) is 6.61 Å². The largest absolute Gasteiger partial charge is 0.494 e. The van der Waals surface area contributed by atoms with Crippen LogP contribution in [-0.2, 0) is 11.2 Å². The molecule has 28 heavy (non-hydrogen) atoms. The molecule has 0 radical (unpaired) electrons. The van der Waals surface area contributed by atoms with E-state index in [1.165, 1.54) is 0 Å². The number of benzene rings is 2. The number of hydrogen-bond acceptors (Lipinski definition) is 3. The maximum absolute atomic E-state index is 12.3. The van der Waals surface area contributed by atoms with Gasteiger partial charge in [0.1, 0.15) is 11.9 Å². The smallest absolute Gasteiger partial charge is 0.228 e. The Labute approximate surface area is 184 Å². The Bertz CT molecular complexity index is 783. The van der Waals surface area contributed by atoms with E-state index in [1.807, 2.05) is 49.4 Å². The highest BCUT2D eigenvalue weighted by Crippen LogP contribution is 2.29. The maximum Gasteiger partial charge on any atom is 0.228 e. The van der Waals surface area contributed by atoms with Crippen LogP contribution >= 0.6 is 47.0 Å². The van der Waals surface area contributed by atoms with Gasteiger partial charge in [0.15, 0.2) is 5.11 Å². The predicted octanol–water partition coefficient (Wildman–Crippen LogP) is 4.43. The van der Waals surface area contributed by atoms with Crippen molar-refractivity contribution in [2.45, 2.75) is 23.3 Å². The quantitative estimate of drug-likeness (QED) is 0.324. The zero-order valence-corrected chi connectivity index (χ0v) is 18.1. The maximum atomic E-state index is 12.3. The van der Waals surface area contributed by atoms with Crippen LogP contribution in [0.15, 0.2) is 54.6 Å². The molecule has 1 atom stereocenters. The number of ether oxygens (including phenoxy) is 1. The van der Waals surface area contributed by atoms with Crippen molar-refractivity contribution in [2.24, 2.45) is 0 Å². The lowest BCUT2D eigenvalue weighted by Crippen LogP contribution is -2.56. The van der Waals surface area contributed by atoms with Crippen LogP contribution in [0.25, 0.3) is 0 Å². The molecule has 3 N–H and O–H groups in total. The van der Waals surface area contributed by atoms with E-state index >= 15 is 0 Å². The second-order valence-corrected chi connectivity index (χ2v) is 8.54. The summed E-state index contributed by atoms with van der Waals surface area (Å²) in [6, 6.07) is 16.5. The molecule has 2 aromatic carbocycles. The summed E-state index contributed by atoms with van der Waals surface area (Å²) in [6.45, 7) is 2.49. The summed E-state index contributed by atoms with van der Waals surface area (Å²) < 4.78 is 3.58. The van der Waals surface area contributed by atoms with Gasteiger partial charge in [-0.05, 0) is 49.0 Å². The second kappa shape index (κ2) is 10.7. The Morgan fingerprint density at radius 2 is 1.71 bits per heavy atom. The van der Waals surface area contributed by atoms with E-state index in [0.717, 1.165) is 17.0 Å². The molecule has 0 aromatic heterocycles. The first kappa shape index (κ1) is 22.6. The van der Waals surface area contributed by atoms with Gasteiger partial charge in [0, 0.05) is 5.69 Å². The van der Waals surface area contributed by atoms with Gasteiger partial charge in [-0.1, -0.05) is 65.1 Å². The number of amides is 1. The van der Waals surface area contributed by atoms with Crippen molar-refractivity contribution in [1.82, 2.24) is 10.6 Å². The van der Waals surface area contributed by atoms with E-state index in [9.17, 15) is 4.79 Å². The van der Waals surface area contributed by atoms with Crippen molar-refractivity contribution in [3.63, 3.8) is 0 Å². The fraction of sp³-hybridized carbons (Fsp3) is 0.263. The van der Waals surface area contributed by atoms with Crippen LogP contribution in [0.2, 0.25) is 0 Å². The lowest BCUT2D eigenvalue weighted by Gasteiger charge is -2.27. The van der Waals surface area contributed by atoms with Crippen molar-refractivity contribution in [1.29, 1.82) is 0 Å². The van der Waals surface area contributed by atoms with Gasteiger partial charge in [0.05, 0.1) is 13.0 Å². The lowest BCUT2D eigenvalue weighted by molar-refractivity contribution is -0.121. The van der Waals surface area contributed by atoms with Crippen LogP contribution in [0.4, 0.5) is 5.69 Å². The van der Waals surface area contributed by atoms with E-state index in [1.54, 1.807) is 12.1 Å². The fourth-order valence-corrected chi connectivity index (χ4v) is 2.86. The molecule has 0 saturated carbocycles. The molecular formula is C19H20Cl3N3O2S. The normalized spacial score (nSPS) is 12.0. The number of anilines is 1. The number of carbonyl (C=O) groups excluding carboxylic acids is 1. The summed E-state index contributed by atoms with van der Waals surface area (Å²) >= 11 is 23.3. The standard InChI is InChI=1S/C19H20Cl3N3O2S/c1-2-27-15-10-8-14(9-11-15)23-18(28)25-17(19(20,21)22)24-16(26)12-13-6-4-3-5-7-13/h3-11,17H,2,12H2,1H3,(H,24,26)(H2,23,25,28). The van der Waals surface area contributed by atoms with Crippen molar-refractivity contribution in [3.8, 4) is 5.75 Å². The number of carbonyl (C=O) groups is 1. The van der Waals surface area contributed by atoms with Crippen molar-refractivity contribution >= 4 is 63.7 Å². The second-order valence-electron chi connectivity index (χ2n) is 5.76. The number of rotatable bonds is 7. The molecule has 1 amide bonds. The first-order valence-electron chi connectivity index (χ1n) is 8.48. The summed E-state index contributed by atoms with van der Waals surface area (Å²) in [4.78, 5) is 12.3. The molecular weight excluding hydrogens is 441 g/mol. The van der Waals surface area contributed by atoms with Crippen LogP contribution in [0.5, 0.6) is 5.75 Å². The molecule has 150 valence electrons. The van der Waals surface area contributed by atoms with Gasteiger partial charge < -0.3 is 20.7 Å². The Morgan fingerprint density at radius 3 is 2.29 bits per heavy atom. The molecule has 2 rings (SSSR count). The molecule has 0 fully saturated rings. The molecule has 0 saturated heterocycles. The molecule has 0 aliphatic carbocycles. The number of halogens is 3. The Morgan fingerprint density at radius 1 is 1.07 bits per heavy atom. The number of hydrogen-bond donors (Lipinski definition) is 3. The average molecular weight is 461 g/mol. The third-order valence-electron chi connectivity index (χ3n) is 3.54. The Hall–Kier alpha value is -1.73. The Balaban J connectivity index is 1.95. The Kier molecular flexibility index (Phi) is 8.63. The van der Waals surface area contributed by atoms with Crippen LogP contribution in [-0.4, -0.2) is 27.6 Å². The highest BCUT2D eigenvalue weighted by Gasteiger charge is 2.34. The van der Waals surface area contributed by atoms with Crippen LogP contribution in [0.3, 0.4) is 0 Å². The van der Waals surface area contributed by atoms with Gasteiger partial charge in [-0.15, -0.1) is 0 Å². The minimum atomic E-state index is -1.81. The summed E-state index contributed by atoms with van der Waals surface area (Å²) in [5.41, 5.74) is 1.57. The van der Waals surface area contributed by atoms with Gasteiger partial charge in [0.25, 0.3) is 0 Å². The molecule has 0 bridgehead atoms. The highest BCUT2D eigenvalue weighted by atomic mass is 35.6. The first-order valence-corrected chi connectivity index (χ1v) is 10.0. The third-order valence-corrected chi connectivity index (χ3v) is 4.41. The minimum absolute atomic E-state index is 0.152. The van der Waals surface area contributed by atoms with E-state index in [4.69, 9.17) is 51.8 Å². The number of thiocarbonyl (C=S) groups is 1. The molecule has 0 spiro atoms. The van der Waals surface area contributed by atoms with Crippen molar-refractivity contribution in [2.75, 3.05) is 11.9 Å². The van der Waals surface area contributed by atoms with Crippen LogP contribution in [0, 0.1) is 0 Å². The van der Waals surface area contributed by atoms with Crippen molar-refractivity contribution in [3.05, 3.63) is 60.2 Å². The SMILES string of the molecule is CCOc1ccc(NC(=S)NC(NC(=O)Cc2ccccc2)C(Cl)(Cl)Cl)cc1. The summed E-state index contributed by atoms with van der Waals surface area (Å²) in [5, 5.41) is 8.65. The van der Waals surface area contributed by atoms with Gasteiger partial charge in [-0.2, -0.15) is 0 Å². The summed E-state index contributed by atoms with van der Waals surface area (Å²) in [5.74, 6) is 0.443. The molecule has 5 nitrogen and oxygen atoms in total. The zero-order valence-electron chi connectivity index (χ0n) is 15.0. The number of alkyl halides is 3. The fourth-order valence-electron chi connectivity index (χ4n) is 2.29. The van der Waals surface area contributed by atoms with Crippen LogP contribution < -0.4 is 20.7 Å². The zero-order chi connectivity index (χ0) is 20.6. The molecule has 0 heterocycles. The van der Waals surface area contributed by atoms with Gasteiger partial charge in [0.2, 0.25) is 9.70 Å². The van der Waals surface area contributed by atoms with Gasteiger partial charge >= 0.3 is 0 Å².